The molecule has 0 spiro atoms. The van der Waals surface area contributed by atoms with Gasteiger partial charge < -0.3 is 43.1 Å². The Hall–Kier alpha value is -1.62. The first kappa shape index (κ1) is 56.4. The van der Waals surface area contributed by atoms with Crippen molar-refractivity contribution in [2.75, 3.05) is 21.3 Å². The summed E-state index contributed by atoms with van der Waals surface area (Å²) in [6, 6.07) is 6.13. The van der Waals surface area contributed by atoms with Gasteiger partial charge in [-0.1, -0.05) is 125 Å². The van der Waals surface area contributed by atoms with Gasteiger partial charge in [-0.05, 0) is 74.4 Å². The van der Waals surface area contributed by atoms with E-state index in [1.54, 1.807) is 21.1 Å². The molecule has 12 heteroatoms. The molecule has 0 aliphatic carbocycles. The predicted octanol–water partition coefficient (Wildman–Crippen LogP) is 10.9. The van der Waals surface area contributed by atoms with E-state index in [0.29, 0.717) is 18.4 Å². The van der Waals surface area contributed by atoms with Crippen LogP contribution in [-0.4, -0.2) is 102 Å². The number of ether oxygens (including phenoxy) is 4. The molecule has 0 aromatic heterocycles. The molecule has 1 heterocycles. The molecule has 0 bridgehead atoms. The highest BCUT2D eigenvalue weighted by molar-refractivity contribution is 6.74. The molecule has 60 heavy (non-hydrogen) atoms. The summed E-state index contributed by atoms with van der Waals surface area (Å²) in [6.45, 7) is 32.3. The van der Waals surface area contributed by atoms with Crippen LogP contribution in [0.5, 0.6) is 0 Å². The number of aliphatic carboxylic acids is 1. The van der Waals surface area contributed by atoms with Crippen molar-refractivity contribution in [1.82, 2.24) is 0 Å². The number of carbonyl (C=O) groups is 1. The molecule has 0 amide bonds. The molecule has 10 nitrogen and oxygen atoms in total. The SMILES string of the molecule is CC[Si](CC)(CC)O[C@H]([C@H](C)[C@@H](O)[C@H](/C=C/C=C(\C)C[C@H](C)[C@H](O)[C@H](C)/C=C(C)/C=C(\OC)C(=O)O)OC)[C@H](C)[C@@]1(OC)C[C@@H](O[Si](CC)(CC)CC)[C@H](C)[C@@H](C(C)C)O1. The van der Waals surface area contributed by atoms with Crippen molar-refractivity contribution in [3.8, 4) is 0 Å². The van der Waals surface area contributed by atoms with Crippen LogP contribution in [0.1, 0.15) is 117 Å². The standard InChI is InChI=1S/C48H90O10Si2/c1-19-59(20-2,21-3)57-42-31-48(55-18,56-45(32(7)8)37(42)13)39(15)46(58-60(22-4,23-5)24-6)38(14)44(50)40(53-16)27-25-26-33(9)28-35(11)43(49)36(12)29-34(10)30-41(54-17)47(51)52/h25-27,29-30,32,35-40,42-46,49-50H,19-24,28,31H2,1-18H3,(H,51,52)/b27-25+,33-26+,34-29+,41-30-/t35-,36+,37-,38+,39-,40-,42+,43-,44+,45+,46+,48+/m0/s1. The summed E-state index contributed by atoms with van der Waals surface area (Å²) in [5.74, 6) is -2.67. The number of methoxy groups -OCH3 is 3. The van der Waals surface area contributed by atoms with Gasteiger partial charge in [-0.15, -0.1) is 0 Å². The van der Waals surface area contributed by atoms with Gasteiger partial charge in [0.15, 0.2) is 22.4 Å². The van der Waals surface area contributed by atoms with Crippen LogP contribution in [0.4, 0.5) is 0 Å². The number of hydrogen-bond donors (Lipinski definition) is 3. The van der Waals surface area contributed by atoms with Crippen LogP contribution in [0, 0.1) is 35.5 Å². The Labute approximate surface area is 368 Å². The molecule has 1 aliphatic heterocycles. The second-order valence-corrected chi connectivity index (χ2v) is 27.8. The molecule has 1 fully saturated rings. The highest BCUT2D eigenvalue weighted by Gasteiger charge is 2.55. The molecule has 0 radical (unpaired) electrons. The first-order valence-electron chi connectivity index (χ1n) is 23.1. The fraction of sp³-hybridized carbons (Fsp3) is 0.812. The second-order valence-electron chi connectivity index (χ2n) is 18.3. The van der Waals surface area contributed by atoms with Gasteiger partial charge in [0.25, 0.3) is 0 Å². The summed E-state index contributed by atoms with van der Waals surface area (Å²) in [5.41, 5.74) is 1.77. The van der Waals surface area contributed by atoms with Crippen molar-refractivity contribution in [3.63, 3.8) is 0 Å². The maximum absolute atomic E-state index is 12.2. The minimum atomic E-state index is -2.20. The number of aliphatic hydroxyl groups is 2. The monoisotopic (exact) mass is 883 g/mol. The van der Waals surface area contributed by atoms with Crippen LogP contribution in [0.2, 0.25) is 36.3 Å². The van der Waals surface area contributed by atoms with E-state index in [9.17, 15) is 20.1 Å². The van der Waals surface area contributed by atoms with E-state index in [-0.39, 0.29) is 59.6 Å². The molecular formula is C48H90O10Si2. The second kappa shape index (κ2) is 26.2. The Bertz CT molecular complexity index is 1370. The van der Waals surface area contributed by atoms with Crippen LogP contribution in [0.25, 0.3) is 0 Å². The van der Waals surface area contributed by atoms with Gasteiger partial charge >= 0.3 is 5.97 Å². The van der Waals surface area contributed by atoms with Crippen LogP contribution in [-0.2, 0) is 32.6 Å². The zero-order valence-corrected chi connectivity index (χ0v) is 43.2. The molecule has 3 N–H and O–H groups in total. The number of rotatable bonds is 28. The molecule has 0 unspecified atom stereocenters. The topological polar surface area (TPSA) is 133 Å². The Balaban J connectivity index is 3.53. The summed E-state index contributed by atoms with van der Waals surface area (Å²) in [7, 11) is 0.555. The van der Waals surface area contributed by atoms with E-state index in [1.807, 2.05) is 45.1 Å². The summed E-state index contributed by atoms with van der Waals surface area (Å²) in [5, 5.41) is 32.6. The predicted molar refractivity (Wildman–Crippen MR) is 251 cm³/mol. The summed E-state index contributed by atoms with van der Waals surface area (Å²) in [4.78, 5) is 11.3. The maximum Gasteiger partial charge on any atom is 0.371 e. The lowest BCUT2D eigenvalue weighted by atomic mass is 9.76. The third kappa shape index (κ3) is 15.0. The van der Waals surface area contributed by atoms with E-state index in [1.165, 1.54) is 13.2 Å². The Kier molecular flexibility index (Phi) is 24.7. The Morgan fingerprint density at radius 1 is 0.867 bits per heavy atom. The lowest BCUT2D eigenvalue weighted by Gasteiger charge is -2.54. The average molecular weight is 883 g/mol. The number of carboxylic acids is 1. The van der Waals surface area contributed by atoms with E-state index in [0.717, 1.165) is 41.8 Å². The van der Waals surface area contributed by atoms with Gasteiger partial charge in [-0.3, -0.25) is 0 Å². The van der Waals surface area contributed by atoms with Crippen LogP contribution in [0.15, 0.2) is 47.3 Å². The van der Waals surface area contributed by atoms with Gasteiger partial charge in [-0.2, -0.15) is 0 Å². The fourth-order valence-electron chi connectivity index (χ4n) is 9.44. The quantitative estimate of drug-likeness (QED) is 0.0302. The zero-order chi connectivity index (χ0) is 46.2. The van der Waals surface area contributed by atoms with Crippen molar-refractivity contribution in [2.45, 2.75) is 195 Å². The van der Waals surface area contributed by atoms with Crippen LogP contribution < -0.4 is 0 Å². The maximum atomic E-state index is 12.2. The first-order valence-corrected chi connectivity index (χ1v) is 28.1. The smallest absolute Gasteiger partial charge is 0.371 e. The van der Waals surface area contributed by atoms with Crippen molar-refractivity contribution < 1.29 is 47.9 Å². The third-order valence-electron chi connectivity index (χ3n) is 14.2. The minimum Gasteiger partial charge on any atom is -0.490 e. The van der Waals surface area contributed by atoms with Crippen molar-refractivity contribution in [1.29, 1.82) is 0 Å². The van der Waals surface area contributed by atoms with Crippen molar-refractivity contribution in [3.05, 3.63) is 47.3 Å². The molecule has 350 valence electrons. The van der Waals surface area contributed by atoms with Crippen LogP contribution in [0.3, 0.4) is 0 Å². The van der Waals surface area contributed by atoms with Gasteiger partial charge in [0, 0.05) is 44.3 Å². The number of hydrogen-bond acceptors (Lipinski definition) is 9. The molecular weight excluding hydrogens is 793 g/mol. The number of aliphatic hydroxyl groups excluding tert-OH is 2. The lowest BCUT2D eigenvalue weighted by molar-refractivity contribution is -0.336. The van der Waals surface area contributed by atoms with E-state index < -0.39 is 46.7 Å². The van der Waals surface area contributed by atoms with Gasteiger partial charge in [0.2, 0.25) is 5.76 Å². The molecule has 0 aromatic rings. The first-order chi connectivity index (χ1) is 28.1. The number of allylic oxidation sites excluding steroid dienone is 5. The Morgan fingerprint density at radius 2 is 1.42 bits per heavy atom. The molecule has 0 saturated carbocycles. The highest BCUT2D eigenvalue weighted by Crippen LogP contribution is 2.47. The van der Waals surface area contributed by atoms with Gasteiger partial charge in [-0.25, -0.2) is 4.79 Å². The van der Waals surface area contributed by atoms with Crippen molar-refractivity contribution >= 4 is 22.6 Å². The van der Waals surface area contributed by atoms with Crippen LogP contribution >= 0.6 is 0 Å². The van der Waals surface area contributed by atoms with E-state index in [4.69, 9.17) is 27.8 Å². The Morgan fingerprint density at radius 3 is 1.87 bits per heavy atom. The molecule has 1 saturated heterocycles. The molecule has 12 atom stereocenters. The lowest BCUT2D eigenvalue weighted by Crippen LogP contribution is -2.62. The average Bonchev–Trinajstić information content (AvgIpc) is 3.23. The molecule has 1 aliphatic rings. The van der Waals surface area contributed by atoms with Crippen molar-refractivity contribution in [2.24, 2.45) is 35.5 Å². The summed E-state index contributed by atoms with van der Waals surface area (Å²) in [6.07, 6.45) is 7.80. The summed E-state index contributed by atoms with van der Waals surface area (Å²) >= 11 is 0. The molecule has 1 rings (SSSR count). The van der Waals surface area contributed by atoms with Gasteiger partial charge in [0.1, 0.15) is 6.10 Å². The fourth-order valence-corrected chi connectivity index (χ4v) is 15.4. The highest BCUT2D eigenvalue weighted by atomic mass is 28.4. The minimum absolute atomic E-state index is 0.0196. The molecule has 0 aromatic carbocycles. The van der Waals surface area contributed by atoms with Gasteiger partial charge in [0.05, 0.1) is 37.6 Å². The third-order valence-corrected chi connectivity index (χ3v) is 23.5. The normalized spacial score (nSPS) is 25.5. The largest absolute Gasteiger partial charge is 0.490 e. The zero-order valence-electron chi connectivity index (χ0n) is 41.2. The number of carboxylic acid groups (broad SMARTS) is 1. The van der Waals surface area contributed by atoms with E-state index in [2.05, 4.69) is 76.2 Å². The summed E-state index contributed by atoms with van der Waals surface area (Å²) < 4.78 is 39.5. The van der Waals surface area contributed by atoms with E-state index >= 15 is 0 Å².